The highest BCUT2D eigenvalue weighted by Crippen LogP contribution is 2.22. The van der Waals surface area contributed by atoms with Crippen LogP contribution in [0.15, 0.2) is 36.4 Å². The molecule has 0 saturated carbocycles. The second kappa shape index (κ2) is 6.06. The Labute approximate surface area is 117 Å². The minimum atomic E-state index is -0.488. The van der Waals surface area contributed by atoms with Gasteiger partial charge in [-0.15, -0.1) is 0 Å². The maximum Gasteiger partial charge on any atom is 0.342 e. The number of nitrogen functional groups attached to an aromatic ring is 1. The summed E-state index contributed by atoms with van der Waals surface area (Å²) >= 11 is 0. The van der Waals surface area contributed by atoms with Crippen LogP contribution in [0.3, 0.4) is 0 Å². The molecule has 0 aliphatic rings. The zero-order valence-corrected chi connectivity index (χ0v) is 11.4. The van der Waals surface area contributed by atoms with Crippen LogP contribution in [-0.4, -0.2) is 18.1 Å². The fourth-order valence-electron chi connectivity index (χ4n) is 1.78. The predicted octanol–water partition coefficient (Wildman–Crippen LogP) is 2.34. The average molecular weight is 272 g/mol. The quantitative estimate of drug-likeness (QED) is 0.683. The third kappa shape index (κ3) is 3.26. The van der Waals surface area contributed by atoms with E-state index in [1.807, 2.05) is 19.1 Å². The number of carbonyl (C=O) groups excluding carboxylic acids is 1. The van der Waals surface area contributed by atoms with Crippen molar-refractivity contribution < 1.29 is 14.3 Å². The van der Waals surface area contributed by atoms with Gasteiger partial charge >= 0.3 is 5.97 Å². The van der Waals surface area contributed by atoms with Gasteiger partial charge in [-0.3, -0.25) is 4.98 Å². The Morgan fingerprint density at radius 3 is 2.80 bits per heavy atom. The van der Waals surface area contributed by atoms with Gasteiger partial charge in [0.05, 0.1) is 12.8 Å². The Kier molecular flexibility index (Phi) is 4.20. The third-order valence-corrected chi connectivity index (χ3v) is 2.74. The molecule has 0 radical (unpaired) electrons. The number of benzene rings is 1. The van der Waals surface area contributed by atoms with Crippen LogP contribution in [0.4, 0.5) is 5.69 Å². The molecule has 104 valence electrons. The SMILES string of the molecule is COc1ccc(N)cc1C(=O)OCc1cccc(C)n1. The summed E-state index contributed by atoms with van der Waals surface area (Å²) in [6.07, 6.45) is 0. The van der Waals surface area contributed by atoms with Gasteiger partial charge in [-0.2, -0.15) is 0 Å². The summed E-state index contributed by atoms with van der Waals surface area (Å²) in [5.41, 5.74) is 8.03. The summed E-state index contributed by atoms with van der Waals surface area (Å²) < 4.78 is 10.4. The number of rotatable bonds is 4. The van der Waals surface area contributed by atoms with E-state index in [0.717, 1.165) is 5.69 Å². The summed E-state index contributed by atoms with van der Waals surface area (Å²) in [6.45, 7) is 1.99. The molecule has 0 fully saturated rings. The Bertz CT molecular complexity index is 626. The van der Waals surface area contributed by atoms with Crippen molar-refractivity contribution in [2.75, 3.05) is 12.8 Å². The zero-order chi connectivity index (χ0) is 14.5. The van der Waals surface area contributed by atoms with Crippen molar-refractivity contribution in [1.29, 1.82) is 0 Å². The number of carbonyl (C=O) groups is 1. The number of ether oxygens (including phenoxy) is 2. The second-order valence-corrected chi connectivity index (χ2v) is 4.31. The zero-order valence-electron chi connectivity index (χ0n) is 11.4. The Balaban J connectivity index is 2.10. The van der Waals surface area contributed by atoms with E-state index in [4.69, 9.17) is 15.2 Å². The van der Waals surface area contributed by atoms with Crippen LogP contribution in [0.1, 0.15) is 21.7 Å². The fraction of sp³-hybridized carbons (Fsp3) is 0.200. The standard InChI is InChI=1S/C15H16N2O3/c1-10-4-3-5-12(17-10)9-20-15(18)13-8-11(16)6-7-14(13)19-2/h3-8H,9,16H2,1-2H3. The van der Waals surface area contributed by atoms with Gasteiger partial charge in [0.25, 0.3) is 0 Å². The van der Waals surface area contributed by atoms with E-state index in [9.17, 15) is 4.79 Å². The second-order valence-electron chi connectivity index (χ2n) is 4.31. The third-order valence-electron chi connectivity index (χ3n) is 2.74. The van der Waals surface area contributed by atoms with Gasteiger partial charge in [0, 0.05) is 11.4 Å². The lowest BCUT2D eigenvalue weighted by molar-refractivity contribution is 0.0464. The number of hydrogen-bond acceptors (Lipinski definition) is 5. The van der Waals surface area contributed by atoms with E-state index in [1.165, 1.54) is 13.2 Å². The minimum Gasteiger partial charge on any atom is -0.496 e. The maximum atomic E-state index is 12.0. The number of esters is 1. The van der Waals surface area contributed by atoms with E-state index in [0.29, 0.717) is 22.7 Å². The van der Waals surface area contributed by atoms with E-state index in [1.54, 1.807) is 18.2 Å². The molecule has 0 spiro atoms. The van der Waals surface area contributed by atoms with Gasteiger partial charge in [0.1, 0.15) is 17.9 Å². The molecule has 0 amide bonds. The molecule has 0 aliphatic carbocycles. The first kappa shape index (κ1) is 13.9. The number of aromatic nitrogens is 1. The molecule has 0 atom stereocenters. The summed E-state index contributed by atoms with van der Waals surface area (Å²) in [7, 11) is 1.49. The molecule has 5 nitrogen and oxygen atoms in total. The van der Waals surface area contributed by atoms with Gasteiger partial charge in [-0.1, -0.05) is 6.07 Å². The molecule has 2 aromatic rings. The van der Waals surface area contributed by atoms with Crippen LogP contribution >= 0.6 is 0 Å². The molecule has 0 bridgehead atoms. The van der Waals surface area contributed by atoms with E-state index >= 15 is 0 Å². The largest absolute Gasteiger partial charge is 0.496 e. The molecule has 1 heterocycles. The fourth-order valence-corrected chi connectivity index (χ4v) is 1.78. The molecule has 20 heavy (non-hydrogen) atoms. The summed E-state index contributed by atoms with van der Waals surface area (Å²) in [5, 5.41) is 0. The van der Waals surface area contributed by atoms with Crippen LogP contribution in [0, 0.1) is 6.92 Å². The van der Waals surface area contributed by atoms with Crippen molar-refractivity contribution in [1.82, 2.24) is 4.98 Å². The molecular weight excluding hydrogens is 256 g/mol. The van der Waals surface area contributed by atoms with Gasteiger partial charge < -0.3 is 15.2 Å². The lowest BCUT2D eigenvalue weighted by Crippen LogP contribution is -2.08. The van der Waals surface area contributed by atoms with Crippen LogP contribution in [0.25, 0.3) is 0 Å². The highest BCUT2D eigenvalue weighted by Gasteiger charge is 2.14. The number of nitrogens with two attached hydrogens (primary N) is 1. The lowest BCUT2D eigenvalue weighted by Gasteiger charge is -2.09. The predicted molar refractivity (Wildman–Crippen MR) is 75.5 cm³/mol. The van der Waals surface area contributed by atoms with Crippen LogP contribution in [-0.2, 0) is 11.3 Å². The Morgan fingerprint density at radius 2 is 2.10 bits per heavy atom. The van der Waals surface area contributed by atoms with Crippen molar-refractivity contribution in [3.63, 3.8) is 0 Å². The number of methoxy groups -OCH3 is 1. The number of hydrogen-bond donors (Lipinski definition) is 1. The molecule has 0 aliphatic heterocycles. The summed E-state index contributed by atoms with van der Waals surface area (Å²) in [5.74, 6) is -0.0566. The van der Waals surface area contributed by atoms with Crippen LogP contribution < -0.4 is 10.5 Å². The van der Waals surface area contributed by atoms with Gasteiger partial charge in [0.2, 0.25) is 0 Å². The number of pyridine rings is 1. The lowest BCUT2D eigenvalue weighted by atomic mass is 10.2. The molecule has 5 heteroatoms. The Morgan fingerprint density at radius 1 is 1.30 bits per heavy atom. The highest BCUT2D eigenvalue weighted by molar-refractivity contribution is 5.93. The van der Waals surface area contributed by atoms with E-state index < -0.39 is 5.97 Å². The number of aryl methyl sites for hydroxylation is 1. The van der Waals surface area contributed by atoms with Crippen molar-refractivity contribution in [3.05, 3.63) is 53.3 Å². The molecule has 1 aromatic heterocycles. The molecule has 0 saturated heterocycles. The van der Waals surface area contributed by atoms with Gasteiger partial charge in [-0.05, 0) is 37.3 Å². The summed E-state index contributed by atoms with van der Waals surface area (Å²) in [4.78, 5) is 16.3. The topological polar surface area (TPSA) is 74.4 Å². The molecule has 2 rings (SSSR count). The highest BCUT2D eigenvalue weighted by atomic mass is 16.5. The number of anilines is 1. The minimum absolute atomic E-state index is 0.110. The molecule has 2 N–H and O–H groups in total. The monoisotopic (exact) mass is 272 g/mol. The van der Waals surface area contributed by atoms with E-state index in [2.05, 4.69) is 4.98 Å². The smallest absolute Gasteiger partial charge is 0.342 e. The number of nitrogens with zero attached hydrogens (tertiary/aromatic N) is 1. The van der Waals surface area contributed by atoms with Crippen LogP contribution in [0.2, 0.25) is 0 Å². The Hall–Kier alpha value is -2.56. The first-order chi connectivity index (χ1) is 9.60. The van der Waals surface area contributed by atoms with Crippen LogP contribution in [0.5, 0.6) is 5.75 Å². The van der Waals surface area contributed by atoms with Crippen molar-refractivity contribution in [2.24, 2.45) is 0 Å². The summed E-state index contributed by atoms with van der Waals surface area (Å²) in [6, 6.07) is 10.4. The van der Waals surface area contributed by atoms with E-state index in [-0.39, 0.29) is 6.61 Å². The normalized spacial score (nSPS) is 10.1. The maximum absolute atomic E-state index is 12.0. The first-order valence-corrected chi connectivity index (χ1v) is 6.13. The van der Waals surface area contributed by atoms with Crippen molar-refractivity contribution >= 4 is 11.7 Å². The average Bonchev–Trinajstić information content (AvgIpc) is 2.45. The molecule has 1 aromatic carbocycles. The first-order valence-electron chi connectivity index (χ1n) is 6.13. The van der Waals surface area contributed by atoms with Gasteiger partial charge in [-0.25, -0.2) is 4.79 Å². The van der Waals surface area contributed by atoms with Crippen molar-refractivity contribution in [2.45, 2.75) is 13.5 Å². The van der Waals surface area contributed by atoms with Gasteiger partial charge in [0.15, 0.2) is 0 Å². The molecule has 0 unspecified atom stereocenters. The molecular formula is C15H16N2O3. The van der Waals surface area contributed by atoms with Crippen molar-refractivity contribution in [3.8, 4) is 5.75 Å².